The minimum absolute atomic E-state index is 0.0491. The van der Waals surface area contributed by atoms with Gasteiger partial charge in [0.05, 0.1) is 23.9 Å². The van der Waals surface area contributed by atoms with Crippen molar-refractivity contribution in [2.24, 2.45) is 0 Å². The highest BCUT2D eigenvalue weighted by Gasteiger charge is 2.18. The minimum atomic E-state index is -3.79. The van der Waals surface area contributed by atoms with E-state index in [0.29, 0.717) is 10.7 Å². The number of H-pyrrole nitrogens is 1. The van der Waals surface area contributed by atoms with Crippen molar-refractivity contribution in [3.05, 3.63) is 48.4 Å². The van der Waals surface area contributed by atoms with Crippen molar-refractivity contribution in [2.75, 3.05) is 4.72 Å². The van der Waals surface area contributed by atoms with Crippen LogP contribution in [0.3, 0.4) is 0 Å². The molecule has 10 heteroatoms. The summed E-state index contributed by atoms with van der Waals surface area (Å²) in [6.45, 7) is 0. The highest BCUT2D eigenvalue weighted by atomic mass is 35.5. The Morgan fingerprint density at radius 1 is 1.29 bits per heavy atom. The van der Waals surface area contributed by atoms with Crippen LogP contribution in [0.4, 0.5) is 5.69 Å². The first kappa shape index (κ1) is 13.6. The lowest BCUT2D eigenvalue weighted by molar-refractivity contribution is 0.598. The lowest BCUT2D eigenvalue weighted by atomic mass is 10.3. The largest absolute Gasteiger partial charge is 0.334 e. The summed E-state index contributed by atoms with van der Waals surface area (Å²) in [7, 11) is -3.79. The minimum Gasteiger partial charge on any atom is -0.334 e. The number of aromatic nitrogens is 5. The summed E-state index contributed by atoms with van der Waals surface area (Å²) in [5.74, 6) is 0. The van der Waals surface area contributed by atoms with Gasteiger partial charge in [0, 0.05) is 5.02 Å². The van der Waals surface area contributed by atoms with Crippen molar-refractivity contribution >= 4 is 27.3 Å². The number of nitrogens with zero attached hydrogens (tertiary/aromatic N) is 4. The van der Waals surface area contributed by atoms with Crippen LogP contribution < -0.4 is 4.72 Å². The van der Waals surface area contributed by atoms with Crippen LogP contribution in [0.25, 0.3) is 5.69 Å². The molecule has 0 aliphatic heterocycles. The first-order valence-corrected chi connectivity index (χ1v) is 7.58. The summed E-state index contributed by atoms with van der Waals surface area (Å²) >= 11 is 5.93. The van der Waals surface area contributed by atoms with Gasteiger partial charge in [0.25, 0.3) is 10.0 Å². The average molecular weight is 325 g/mol. The summed E-state index contributed by atoms with van der Waals surface area (Å²) in [5.41, 5.74) is 0.780. The van der Waals surface area contributed by atoms with Crippen LogP contribution in [0.5, 0.6) is 0 Å². The van der Waals surface area contributed by atoms with Crippen molar-refractivity contribution in [1.29, 1.82) is 0 Å². The maximum absolute atomic E-state index is 12.2. The second-order valence-corrected chi connectivity index (χ2v) is 6.11. The Bertz CT molecular complexity index is 845. The maximum Gasteiger partial charge on any atom is 0.279 e. The van der Waals surface area contributed by atoms with Gasteiger partial charge in [-0.05, 0) is 18.2 Å². The van der Waals surface area contributed by atoms with E-state index >= 15 is 0 Å². The summed E-state index contributed by atoms with van der Waals surface area (Å²) in [5, 5.41) is 4.32. The monoisotopic (exact) mass is 324 g/mol. The predicted molar refractivity (Wildman–Crippen MR) is 75.8 cm³/mol. The van der Waals surface area contributed by atoms with E-state index < -0.39 is 10.0 Å². The average Bonchev–Trinajstić information content (AvgIpc) is 3.12. The second-order valence-electron chi connectivity index (χ2n) is 4.02. The van der Waals surface area contributed by atoms with Crippen molar-refractivity contribution in [2.45, 2.75) is 5.03 Å². The molecule has 2 heterocycles. The van der Waals surface area contributed by atoms with Gasteiger partial charge in [0.1, 0.15) is 12.7 Å². The lowest BCUT2D eigenvalue weighted by Gasteiger charge is -2.11. The highest BCUT2D eigenvalue weighted by Crippen LogP contribution is 2.26. The van der Waals surface area contributed by atoms with Gasteiger partial charge in [-0.15, -0.1) is 0 Å². The Hall–Kier alpha value is -2.39. The van der Waals surface area contributed by atoms with Crippen molar-refractivity contribution in [3.63, 3.8) is 0 Å². The van der Waals surface area contributed by atoms with Crippen molar-refractivity contribution in [1.82, 2.24) is 24.7 Å². The third-order valence-corrected chi connectivity index (χ3v) is 4.16. The quantitative estimate of drug-likeness (QED) is 0.755. The molecule has 0 unspecified atom stereocenters. The molecule has 0 saturated heterocycles. The van der Waals surface area contributed by atoms with Crippen LogP contribution in [-0.4, -0.2) is 33.2 Å². The molecule has 3 aromatic rings. The molecule has 0 radical (unpaired) electrons. The third-order valence-electron chi connectivity index (χ3n) is 2.63. The topological polar surface area (TPSA) is 106 Å². The van der Waals surface area contributed by atoms with Crippen LogP contribution >= 0.6 is 11.6 Å². The Morgan fingerprint density at radius 2 is 2.14 bits per heavy atom. The van der Waals surface area contributed by atoms with Crippen LogP contribution in [0, 0.1) is 0 Å². The molecule has 0 saturated carbocycles. The Morgan fingerprint density at radius 3 is 2.81 bits per heavy atom. The number of hydrogen-bond acceptors (Lipinski definition) is 5. The van der Waals surface area contributed by atoms with Gasteiger partial charge in [-0.1, -0.05) is 11.6 Å². The number of anilines is 1. The fourth-order valence-corrected chi connectivity index (χ4v) is 2.85. The van der Waals surface area contributed by atoms with Gasteiger partial charge in [-0.3, -0.25) is 4.72 Å². The van der Waals surface area contributed by atoms with E-state index in [1.807, 2.05) is 0 Å². The first-order chi connectivity index (χ1) is 10.1. The molecule has 1 aromatic carbocycles. The Labute approximate surface area is 124 Å². The zero-order valence-electron chi connectivity index (χ0n) is 10.4. The summed E-state index contributed by atoms with van der Waals surface area (Å²) in [6, 6.07) is 4.76. The van der Waals surface area contributed by atoms with E-state index in [2.05, 4.69) is 24.8 Å². The molecule has 2 N–H and O–H groups in total. The molecular weight excluding hydrogens is 316 g/mol. The number of sulfonamides is 1. The van der Waals surface area contributed by atoms with E-state index in [4.69, 9.17) is 11.6 Å². The second kappa shape index (κ2) is 5.19. The molecule has 0 fully saturated rings. The van der Waals surface area contributed by atoms with Gasteiger partial charge >= 0.3 is 0 Å². The number of hydrogen-bond donors (Lipinski definition) is 2. The number of halogens is 1. The number of nitrogens with one attached hydrogen (secondary N) is 2. The Kier molecular flexibility index (Phi) is 3.35. The molecule has 0 bridgehead atoms. The number of rotatable bonds is 4. The molecule has 21 heavy (non-hydrogen) atoms. The van der Waals surface area contributed by atoms with E-state index in [-0.39, 0.29) is 10.7 Å². The summed E-state index contributed by atoms with van der Waals surface area (Å²) in [4.78, 5) is 10.1. The first-order valence-electron chi connectivity index (χ1n) is 5.72. The van der Waals surface area contributed by atoms with Crippen molar-refractivity contribution in [3.8, 4) is 5.69 Å². The molecule has 8 nitrogen and oxygen atoms in total. The number of aromatic amines is 1. The van der Waals surface area contributed by atoms with Gasteiger partial charge in [-0.25, -0.2) is 14.6 Å². The Balaban J connectivity index is 2.05. The SMILES string of the molecule is O=S(=O)(Nc1cc(Cl)ccc1-n1cncn1)c1cnc[nH]1. The van der Waals surface area contributed by atoms with Crippen LogP contribution in [0.2, 0.25) is 5.02 Å². The fourth-order valence-electron chi connectivity index (χ4n) is 1.71. The van der Waals surface area contributed by atoms with Gasteiger partial charge in [-0.2, -0.15) is 13.5 Å². The molecule has 108 valence electrons. The maximum atomic E-state index is 12.2. The van der Waals surface area contributed by atoms with E-state index in [9.17, 15) is 8.42 Å². The van der Waals surface area contributed by atoms with E-state index in [1.165, 1.54) is 35.9 Å². The van der Waals surface area contributed by atoms with Crippen LogP contribution in [0.1, 0.15) is 0 Å². The fraction of sp³-hybridized carbons (Fsp3) is 0. The zero-order valence-corrected chi connectivity index (χ0v) is 12.0. The van der Waals surface area contributed by atoms with E-state index in [1.54, 1.807) is 12.1 Å². The summed E-state index contributed by atoms with van der Waals surface area (Å²) in [6.07, 6.45) is 5.30. The predicted octanol–water partition coefficient (Wildman–Crippen LogP) is 1.44. The van der Waals surface area contributed by atoms with Crippen molar-refractivity contribution < 1.29 is 8.42 Å². The van der Waals surface area contributed by atoms with Gasteiger partial charge < -0.3 is 4.98 Å². The molecule has 3 rings (SSSR count). The summed E-state index contributed by atoms with van der Waals surface area (Å²) < 4.78 is 28.3. The highest BCUT2D eigenvalue weighted by molar-refractivity contribution is 7.92. The number of imidazole rings is 1. The zero-order chi connectivity index (χ0) is 14.9. The smallest absolute Gasteiger partial charge is 0.279 e. The van der Waals surface area contributed by atoms with Gasteiger partial charge in [0.15, 0.2) is 5.03 Å². The molecule has 0 aliphatic carbocycles. The number of benzene rings is 1. The third kappa shape index (κ3) is 2.73. The molecule has 0 spiro atoms. The normalized spacial score (nSPS) is 11.5. The molecule has 0 amide bonds. The van der Waals surface area contributed by atoms with Crippen LogP contribution in [0.15, 0.2) is 48.4 Å². The van der Waals surface area contributed by atoms with Gasteiger partial charge in [0.2, 0.25) is 0 Å². The van der Waals surface area contributed by atoms with E-state index in [0.717, 1.165) is 0 Å². The molecule has 2 aromatic heterocycles. The molecule has 0 atom stereocenters. The molecule has 0 aliphatic rings. The molecular formula is C11H9ClN6O2S. The lowest BCUT2D eigenvalue weighted by Crippen LogP contribution is -2.15. The standard InChI is InChI=1S/C11H9ClN6O2S/c12-8-1-2-10(18-7-14-6-16-18)9(3-8)17-21(19,20)11-4-13-5-15-11/h1-7,17H,(H,13,15). The van der Waals surface area contributed by atoms with Crippen LogP contribution in [-0.2, 0) is 10.0 Å².